The molecule has 180 valence electrons. The molecule has 11 heteroatoms. The van der Waals surface area contributed by atoms with E-state index >= 15 is 0 Å². The van der Waals surface area contributed by atoms with Crippen molar-refractivity contribution in [2.75, 3.05) is 26.2 Å². The third kappa shape index (κ3) is 4.88. The summed E-state index contributed by atoms with van der Waals surface area (Å²) in [4.78, 5) is 27.4. The number of fused-ring (bicyclic) bond motifs is 1. The Kier molecular flexibility index (Phi) is 7.08. The summed E-state index contributed by atoms with van der Waals surface area (Å²) in [5, 5.41) is 3.19. The average Bonchev–Trinajstić information content (AvgIpc) is 3.23. The molecule has 1 aliphatic rings. The van der Waals surface area contributed by atoms with Crippen molar-refractivity contribution in [2.45, 2.75) is 23.8 Å². The van der Waals surface area contributed by atoms with E-state index in [0.717, 1.165) is 9.87 Å². The second-order valence-corrected chi connectivity index (χ2v) is 11.0. The van der Waals surface area contributed by atoms with Crippen molar-refractivity contribution >= 4 is 48.7 Å². The smallest absolute Gasteiger partial charge is 0.266 e. The van der Waals surface area contributed by atoms with Crippen LogP contribution in [0.25, 0.3) is 10.9 Å². The Labute approximate surface area is 205 Å². The van der Waals surface area contributed by atoms with Crippen molar-refractivity contribution in [1.29, 1.82) is 0 Å². The van der Waals surface area contributed by atoms with E-state index < -0.39 is 22.0 Å². The molecule has 3 aromatic rings. The number of nitrogens with one attached hydrogen (secondary N) is 2. The minimum Gasteiger partial charge on any atom is -0.366 e. The van der Waals surface area contributed by atoms with E-state index in [4.69, 9.17) is 10.5 Å². The lowest BCUT2D eigenvalue weighted by molar-refractivity contribution is -0.136. The number of ether oxygens (including phenoxy) is 1. The van der Waals surface area contributed by atoms with E-state index in [0.29, 0.717) is 21.9 Å². The lowest BCUT2D eigenvalue weighted by Gasteiger charge is -2.31. The number of morpholine rings is 1. The van der Waals surface area contributed by atoms with Crippen LogP contribution in [0.3, 0.4) is 0 Å². The summed E-state index contributed by atoms with van der Waals surface area (Å²) in [6.07, 6.45) is -0.972. The summed E-state index contributed by atoms with van der Waals surface area (Å²) in [6.45, 7) is 2.30. The highest BCUT2D eigenvalue weighted by atomic mass is 79.9. The first-order valence-corrected chi connectivity index (χ1v) is 13.0. The fraction of sp³-hybridized carbons (Fsp3) is 0.304. The van der Waals surface area contributed by atoms with Crippen molar-refractivity contribution in [1.82, 2.24) is 14.6 Å². The van der Waals surface area contributed by atoms with E-state index in [-0.39, 0.29) is 42.1 Å². The Morgan fingerprint density at radius 2 is 2.00 bits per heavy atom. The number of rotatable bonds is 7. The number of carbonyl (C=O) groups is 2. The van der Waals surface area contributed by atoms with Gasteiger partial charge in [0.1, 0.15) is 16.7 Å². The Hall–Kier alpha value is -2.73. The van der Waals surface area contributed by atoms with Gasteiger partial charge in [0, 0.05) is 35.0 Å². The predicted molar refractivity (Wildman–Crippen MR) is 131 cm³/mol. The Balaban J connectivity index is 1.54. The summed E-state index contributed by atoms with van der Waals surface area (Å²) < 4.78 is 34.6. The molecular formula is C23H25BrN4O5S. The second-order valence-electron chi connectivity index (χ2n) is 8.16. The quantitative estimate of drug-likeness (QED) is 0.416. The molecular weight excluding hydrogens is 524 g/mol. The first-order chi connectivity index (χ1) is 16.2. The van der Waals surface area contributed by atoms with Gasteiger partial charge in [-0.15, -0.1) is 0 Å². The first kappa shape index (κ1) is 24.4. The van der Waals surface area contributed by atoms with Crippen molar-refractivity contribution in [3.8, 4) is 0 Å². The zero-order chi connectivity index (χ0) is 24.5. The molecule has 2 aromatic carbocycles. The molecule has 2 atom stereocenters. The highest BCUT2D eigenvalue weighted by molar-refractivity contribution is 9.10. The summed E-state index contributed by atoms with van der Waals surface area (Å²) in [5.41, 5.74) is 6.83. The molecule has 1 aliphatic heterocycles. The lowest BCUT2D eigenvalue weighted by Crippen LogP contribution is -2.52. The number of nitrogens with two attached hydrogens (primary N) is 1. The Morgan fingerprint density at radius 3 is 2.71 bits per heavy atom. The maximum atomic E-state index is 13.6. The third-order valence-corrected chi connectivity index (χ3v) is 8.27. The van der Waals surface area contributed by atoms with Gasteiger partial charge in [-0.25, -0.2) is 8.42 Å². The number of nitrogens with zero attached hydrogens (tertiary/aromatic N) is 1. The van der Waals surface area contributed by atoms with Crippen LogP contribution in [0.4, 0.5) is 0 Å². The number of halogens is 1. The number of amides is 2. The van der Waals surface area contributed by atoms with Gasteiger partial charge in [-0.3, -0.25) is 9.59 Å². The van der Waals surface area contributed by atoms with Crippen LogP contribution in [0.15, 0.2) is 57.9 Å². The number of hydrogen-bond donors (Lipinski definition) is 3. The van der Waals surface area contributed by atoms with E-state index in [2.05, 4.69) is 26.2 Å². The highest BCUT2D eigenvalue weighted by Crippen LogP contribution is 2.32. The number of H-pyrrole nitrogens is 1. The topological polar surface area (TPSA) is 135 Å². The minimum absolute atomic E-state index is 0.0451. The molecule has 2 amide bonds. The normalized spacial score (nSPS) is 18.0. The molecule has 34 heavy (non-hydrogen) atoms. The van der Waals surface area contributed by atoms with Crippen LogP contribution < -0.4 is 11.1 Å². The molecule has 1 saturated heterocycles. The van der Waals surface area contributed by atoms with Crippen molar-refractivity contribution in [2.24, 2.45) is 5.73 Å². The lowest BCUT2D eigenvalue weighted by atomic mass is 10.0. The highest BCUT2D eigenvalue weighted by Gasteiger charge is 2.37. The molecule has 2 unspecified atom stereocenters. The molecule has 0 bridgehead atoms. The van der Waals surface area contributed by atoms with E-state index in [9.17, 15) is 18.0 Å². The number of aromatic amines is 1. The van der Waals surface area contributed by atoms with Crippen LogP contribution in [-0.4, -0.2) is 61.9 Å². The van der Waals surface area contributed by atoms with Gasteiger partial charge in [-0.2, -0.15) is 4.31 Å². The van der Waals surface area contributed by atoms with Crippen molar-refractivity contribution in [3.05, 3.63) is 64.3 Å². The first-order valence-electron chi connectivity index (χ1n) is 10.7. The summed E-state index contributed by atoms with van der Waals surface area (Å²) >= 11 is 3.34. The van der Waals surface area contributed by atoms with Gasteiger partial charge in [0.2, 0.25) is 10.0 Å². The fourth-order valence-electron chi connectivity index (χ4n) is 3.98. The summed E-state index contributed by atoms with van der Waals surface area (Å²) in [7, 11) is -4.16. The Bertz CT molecular complexity index is 1330. The van der Waals surface area contributed by atoms with E-state index in [1.165, 1.54) is 0 Å². The zero-order valence-electron chi connectivity index (χ0n) is 18.5. The zero-order valence-corrected chi connectivity index (χ0v) is 20.9. The van der Waals surface area contributed by atoms with Crippen LogP contribution >= 0.6 is 15.9 Å². The largest absolute Gasteiger partial charge is 0.366 e. The number of hydrogen-bond acceptors (Lipinski definition) is 5. The average molecular weight is 549 g/mol. The molecule has 0 saturated carbocycles. The number of carbonyl (C=O) groups excluding carboxylic acids is 2. The van der Waals surface area contributed by atoms with Crippen molar-refractivity contribution in [3.63, 3.8) is 0 Å². The van der Waals surface area contributed by atoms with Gasteiger partial charge in [-0.05, 0) is 29.7 Å². The second kappa shape index (κ2) is 9.87. The van der Waals surface area contributed by atoms with Gasteiger partial charge in [0.15, 0.2) is 0 Å². The Morgan fingerprint density at radius 1 is 1.26 bits per heavy atom. The summed E-state index contributed by atoms with van der Waals surface area (Å²) in [6, 6.07) is 14.8. The van der Waals surface area contributed by atoms with E-state index in [1.807, 2.05) is 37.3 Å². The van der Waals surface area contributed by atoms with Gasteiger partial charge in [0.25, 0.3) is 11.8 Å². The summed E-state index contributed by atoms with van der Waals surface area (Å²) in [5.74, 6) is -1.20. The van der Waals surface area contributed by atoms with Crippen LogP contribution in [0, 0.1) is 0 Å². The molecule has 4 rings (SSSR count). The third-order valence-electron chi connectivity index (χ3n) is 5.83. The van der Waals surface area contributed by atoms with Crippen LogP contribution in [0.2, 0.25) is 0 Å². The molecule has 0 spiro atoms. The van der Waals surface area contributed by atoms with Gasteiger partial charge < -0.3 is 20.8 Å². The van der Waals surface area contributed by atoms with Gasteiger partial charge in [0.05, 0.1) is 6.61 Å². The molecule has 4 N–H and O–H groups in total. The molecule has 1 aromatic heterocycles. The standard InChI is InChI=1S/C23H25BrN4O5S/c1-14(15-5-3-2-4-6-15)12-26-23(30)19-13-28(9-10-33-19)34(31,32)21-17-11-16(24)7-8-18(17)27-20(21)22(25)29/h2-8,11,14,19,27H,9-10,12-13H2,1H3,(H2,25,29)(H,26,30). The number of primary amides is 1. The van der Waals surface area contributed by atoms with Crippen LogP contribution in [0.1, 0.15) is 28.9 Å². The number of sulfonamides is 1. The molecule has 0 radical (unpaired) electrons. The van der Waals surface area contributed by atoms with Crippen LogP contribution in [0.5, 0.6) is 0 Å². The van der Waals surface area contributed by atoms with Gasteiger partial charge >= 0.3 is 0 Å². The number of aromatic nitrogens is 1. The van der Waals surface area contributed by atoms with E-state index in [1.54, 1.807) is 18.2 Å². The minimum atomic E-state index is -4.16. The molecule has 1 fully saturated rings. The van der Waals surface area contributed by atoms with Crippen LogP contribution in [-0.2, 0) is 19.6 Å². The molecule has 2 heterocycles. The predicted octanol–water partition coefficient (Wildman–Crippen LogP) is 2.34. The SMILES string of the molecule is CC(CNC(=O)C1CN(S(=O)(=O)c2c(C(N)=O)[nH]c3ccc(Br)cc23)CCO1)c1ccccc1. The van der Waals surface area contributed by atoms with Crippen molar-refractivity contribution < 1.29 is 22.7 Å². The molecule has 0 aliphatic carbocycles. The fourth-order valence-corrected chi connectivity index (χ4v) is 6.10. The maximum absolute atomic E-state index is 13.6. The monoisotopic (exact) mass is 548 g/mol. The van der Waals surface area contributed by atoms with Gasteiger partial charge in [-0.1, -0.05) is 53.2 Å². The number of benzene rings is 2. The molecule has 9 nitrogen and oxygen atoms in total. The maximum Gasteiger partial charge on any atom is 0.266 e.